The Balaban J connectivity index is 2.50. The Labute approximate surface area is 97.6 Å². The second-order valence-electron chi connectivity index (χ2n) is 3.42. The van der Waals surface area contributed by atoms with Crippen LogP contribution in [0.4, 0.5) is 10.2 Å². The highest BCUT2D eigenvalue weighted by atomic mass is 35.5. The van der Waals surface area contributed by atoms with Crippen molar-refractivity contribution in [3.8, 4) is 5.69 Å². The largest absolute Gasteiger partial charge is 0.383 e. The second kappa shape index (κ2) is 4.14. The first kappa shape index (κ1) is 11.0. The van der Waals surface area contributed by atoms with E-state index in [0.717, 1.165) is 12.0 Å². The lowest BCUT2D eigenvalue weighted by atomic mass is 10.2. The third-order valence-corrected chi connectivity index (χ3v) is 2.70. The molecule has 0 aliphatic heterocycles. The van der Waals surface area contributed by atoms with Crippen molar-refractivity contribution in [3.63, 3.8) is 0 Å². The molecule has 0 unspecified atom stereocenters. The van der Waals surface area contributed by atoms with E-state index in [2.05, 4.69) is 5.10 Å². The van der Waals surface area contributed by atoms with Crippen molar-refractivity contribution in [1.82, 2.24) is 9.78 Å². The lowest BCUT2D eigenvalue weighted by molar-refractivity contribution is 0.627. The number of nitrogens with two attached hydrogens (primary N) is 1. The number of benzene rings is 1. The van der Waals surface area contributed by atoms with Gasteiger partial charge in [-0.25, -0.2) is 9.07 Å². The Hall–Kier alpha value is -1.55. The zero-order chi connectivity index (χ0) is 11.7. The molecule has 1 aromatic carbocycles. The van der Waals surface area contributed by atoms with Gasteiger partial charge in [0.15, 0.2) is 0 Å². The molecule has 0 saturated heterocycles. The molecule has 0 aliphatic carbocycles. The van der Waals surface area contributed by atoms with Crippen LogP contribution in [0.3, 0.4) is 0 Å². The Bertz CT molecular complexity index is 522. The number of nitrogen functional groups attached to an aromatic ring is 1. The molecule has 0 spiro atoms. The van der Waals surface area contributed by atoms with Gasteiger partial charge in [-0.2, -0.15) is 5.10 Å². The molecule has 0 amide bonds. The zero-order valence-electron chi connectivity index (χ0n) is 8.74. The van der Waals surface area contributed by atoms with E-state index in [1.54, 1.807) is 16.9 Å². The van der Waals surface area contributed by atoms with Gasteiger partial charge in [-0.1, -0.05) is 18.5 Å². The van der Waals surface area contributed by atoms with Crippen molar-refractivity contribution in [2.45, 2.75) is 13.3 Å². The summed E-state index contributed by atoms with van der Waals surface area (Å²) in [5, 5.41) is 4.20. The summed E-state index contributed by atoms with van der Waals surface area (Å²) in [6.45, 7) is 2.00. The monoisotopic (exact) mass is 239 g/mol. The lowest BCUT2D eigenvalue weighted by Gasteiger charge is -2.05. The molecule has 3 nitrogen and oxygen atoms in total. The molecular weight excluding hydrogens is 229 g/mol. The van der Waals surface area contributed by atoms with E-state index < -0.39 is 5.82 Å². The molecule has 0 saturated carbocycles. The molecule has 1 heterocycles. The van der Waals surface area contributed by atoms with Crippen LogP contribution in [0.1, 0.15) is 12.5 Å². The van der Waals surface area contributed by atoms with Crippen molar-refractivity contribution < 1.29 is 4.39 Å². The fraction of sp³-hybridized carbons (Fsp3) is 0.182. The first-order valence-corrected chi connectivity index (χ1v) is 5.29. The smallest absolute Gasteiger partial charge is 0.141 e. The highest BCUT2D eigenvalue weighted by Gasteiger charge is 2.09. The van der Waals surface area contributed by atoms with Gasteiger partial charge in [-0.05, 0) is 24.6 Å². The van der Waals surface area contributed by atoms with Gasteiger partial charge < -0.3 is 5.73 Å². The summed E-state index contributed by atoms with van der Waals surface area (Å²) in [7, 11) is 0. The van der Waals surface area contributed by atoms with E-state index in [1.807, 2.05) is 6.92 Å². The number of nitrogens with zero attached hydrogens (tertiary/aromatic N) is 2. The van der Waals surface area contributed by atoms with Crippen molar-refractivity contribution >= 4 is 17.4 Å². The number of anilines is 1. The molecule has 0 bridgehead atoms. The summed E-state index contributed by atoms with van der Waals surface area (Å²) in [6.07, 6.45) is 2.51. The number of rotatable bonds is 2. The summed E-state index contributed by atoms with van der Waals surface area (Å²) in [5.74, 6) is 0.108. The van der Waals surface area contributed by atoms with E-state index in [4.69, 9.17) is 17.3 Å². The maximum absolute atomic E-state index is 13.0. The molecule has 2 N–H and O–H groups in total. The lowest BCUT2D eigenvalue weighted by Crippen LogP contribution is -2.03. The minimum absolute atomic E-state index is 0.0606. The highest BCUT2D eigenvalue weighted by Crippen LogP contribution is 2.22. The van der Waals surface area contributed by atoms with Gasteiger partial charge in [0.2, 0.25) is 0 Å². The summed E-state index contributed by atoms with van der Waals surface area (Å²) in [4.78, 5) is 0. The second-order valence-corrected chi connectivity index (χ2v) is 3.83. The SMILES string of the molecule is CCc1cnn(-c2ccc(F)c(Cl)c2)c1N. The van der Waals surface area contributed by atoms with E-state index in [0.29, 0.717) is 11.5 Å². The average Bonchev–Trinajstić information content (AvgIpc) is 2.64. The molecule has 0 aliphatic rings. The summed E-state index contributed by atoms with van der Waals surface area (Å²) >= 11 is 5.70. The predicted molar refractivity (Wildman–Crippen MR) is 62.3 cm³/mol. The van der Waals surface area contributed by atoms with Crippen molar-refractivity contribution in [2.75, 3.05) is 5.73 Å². The Morgan fingerprint density at radius 1 is 1.50 bits per heavy atom. The molecule has 0 atom stereocenters. The predicted octanol–water partition coefficient (Wildman–Crippen LogP) is 2.81. The van der Waals surface area contributed by atoms with Crippen LogP contribution in [-0.2, 0) is 6.42 Å². The molecule has 2 aromatic rings. The van der Waals surface area contributed by atoms with Gasteiger partial charge in [-0.15, -0.1) is 0 Å². The Kier molecular flexibility index (Phi) is 2.83. The van der Waals surface area contributed by atoms with Crippen LogP contribution in [0.5, 0.6) is 0 Å². The third-order valence-electron chi connectivity index (χ3n) is 2.41. The van der Waals surface area contributed by atoms with Crippen LogP contribution in [0.15, 0.2) is 24.4 Å². The molecule has 0 fully saturated rings. The molecular formula is C11H11ClFN3. The number of hydrogen-bond donors (Lipinski definition) is 1. The Morgan fingerprint density at radius 2 is 2.25 bits per heavy atom. The normalized spacial score (nSPS) is 10.7. The van der Waals surface area contributed by atoms with E-state index in [-0.39, 0.29) is 5.02 Å². The summed E-state index contributed by atoms with van der Waals surface area (Å²) in [6, 6.07) is 4.38. The van der Waals surface area contributed by atoms with Crippen LogP contribution >= 0.6 is 11.6 Å². The average molecular weight is 240 g/mol. The molecule has 16 heavy (non-hydrogen) atoms. The number of halogens is 2. The summed E-state index contributed by atoms with van der Waals surface area (Å²) < 4.78 is 14.5. The molecule has 84 valence electrons. The Morgan fingerprint density at radius 3 is 2.81 bits per heavy atom. The number of hydrogen-bond acceptors (Lipinski definition) is 2. The summed E-state index contributed by atoms with van der Waals surface area (Å²) in [5.41, 5.74) is 7.51. The number of aryl methyl sites for hydroxylation is 1. The van der Waals surface area contributed by atoms with Crippen LogP contribution in [0.25, 0.3) is 5.69 Å². The van der Waals surface area contributed by atoms with Crippen LogP contribution < -0.4 is 5.73 Å². The molecule has 0 radical (unpaired) electrons. The van der Waals surface area contributed by atoms with Gasteiger partial charge >= 0.3 is 0 Å². The van der Waals surface area contributed by atoms with Crippen LogP contribution in [0, 0.1) is 5.82 Å². The number of aromatic nitrogens is 2. The maximum atomic E-state index is 13.0. The van der Waals surface area contributed by atoms with Crippen molar-refractivity contribution in [3.05, 3.63) is 40.8 Å². The van der Waals surface area contributed by atoms with Gasteiger partial charge in [0, 0.05) is 5.56 Å². The molecule has 1 aromatic heterocycles. The van der Waals surface area contributed by atoms with Crippen LogP contribution in [-0.4, -0.2) is 9.78 Å². The fourth-order valence-electron chi connectivity index (χ4n) is 1.49. The fourth-order valence-corrected chi connectivity index (χ4v) is 1.66. The minimum atomic E-state index is -0.452. The van der Waals surface area contributed by atoms with E-state index >= 15 is 0 Å². The minimum Gasteiger partial charge on any atom is -0.383 e. The van der Waals surface area contributed by atoms with Gasteiger partial charge in [0.1, 0.15) is 11.6 Å². The van der Waals surface area contributed by atoms with Crippen molar-refractivity contribution in [2.24, 2.45) is 0 Å². The van der Waals surface area contributed by atoms with Gasteiger partial charge in [-0.3, -0.25) is 0 Å². The third kappa shape index (κ3) is 1.76. The van der Waals surface area contributed by atoms with Gasteiger partial charge in [0.25, 0.3) is 0 Å². The molecule has 2 rings (SSSR count). The van der Waals surface area contributed by atoms with Gasteiger partial charge in [0.05, 0.1) is 16.9 Å². The van der Waals surface area contributed by atoms with Crippen molar-refractivity contribution in [1.29, 1.82) is 0 Å². The zero-order valence-corrected chi connectivity index (χ0v) is 9.50. The first-order chi connectivity index (χ1) is 7.63. The highest BCUT2D eigenvalue weighted by molar-refractivity contribution is 6.30. The topological polar surface area (TPSA) is 43.8 Å². The first-order valence-electron chi connectivity index (χ1n) is 4.91. The quantitative estimate of drug-likeness (QED) is 0.876. The standard InChI is InChI=1S/C11H11ClFN3/c1-2-7-6-15-16(11(7)14)8-3-4-10(13)9(12)5-8/h3-6H,2,14H2,1H3. The van der Waals surface area contributed by atoms with E-state index in [1.165, 1.54) is 12.1 Å². The van der Waals surface area contributed by atoms with E-state index in [9.17, 15) is 4.39 Å². The molecule has 5 heteroatoms. The van der Waals surface area contributed by atoms with Crippen LogP contribution in [0.2, 0.25) is 5.02 Å². The maximum Gasteiger partial charge on any atom is 0.141 e.